The first-order valence-corrected chi connectivity index (χ1v) is 7.77. The van der Waals surface area contributed by atoms with Gasteiger partial charge in [0.15, 0.2) is 0 Å². The molecule has 4 nitrogen and oxygen atoms in total. The fraction of sp³-hybridized carbons (Fsp3) is 0.385. The summed E-state index contributed by atoms with van der Waals surface area (Å²) in [6.45, 7) is 5.51. The Morgan fingerprint density at radius 3 is 2.84 bits per heavy atom. The van der Waals surface area contributed by atoms with Crippen LogP contribution >= 0.6 is 27.3 Å². The predicted octanol–water partition coefficient (Wildman–Crippen LogP) is 3.14. The lowest BCUT2D eigenvalue weighted by Crippen LogP contribution is -2.25. The van der Waals surface area contributed by atoms with Crippen LogP contribution < -0.4 is 5.32 Å². The van der Waals surface area contributed by atoms with Crippen LogP contribution in [0.25, 0.3) is 0 Å². The van der Waals surface area contributed by atoms with Crippen LogP contribution in [0.5, 0.6) is 0 Å². The van der Waals surface area contributed by atoms with Crippen molar-refractivity contribution >= 4 is 33.2 Å². The maximum Gasteiger partial charge on any atom is 0.252 e. The Morgan fingerprint density at radius 1 is 1.47 bits per heavy atom. The molecule has 1 N–H and O–H groups in total. The van der Waals surface area contributed by atoms with Crippen molar-refractivity contribution in [2.24, 2.45) is 0 Å². The second-order valence-electron chi connectivity index (χ2n) is 4.40. The lowest BCUT2D eigenvalue weighted by atomic mass is 10.3. The van der Waals surface area contributed by atoms with Gasteiger partial charge in [-0.25, -0.2) is 0 Å². The molecule has 0 unspecified atom stereocenters. The highest BCUT2D eigenvalue weighted by molar-refractivity contribution is 9.11. The van der Waals surface area contributed by atoms with Crippen LogP contribution in [0, 0.1) is 13.8 Å². The van der Waals surface area contributed by atoms with Gasteiger partial charge in [0, 0.05) is 24.2 Å². The van der Waals surface area contributed by atoms with Crippen molar-refractivity contribution in [1.82, 2.24) is 15.1 Å². The van der Waals surface area contributed by atoms with E-state index in [2.05, 4.69) is 32.4 Å². The second-order valence-corrected chi connectivity index (χ2v) is 6.69. The van der Waals surface area contributed by atoms with Crippen LogP contribution in [-0.4, -0.2) is 22.2 Å². The average Bonchev–Trinajstić information content (AvgIpc) is 2.91. The molecule has 19 heavy (non-hydrogen) atoms. The third-order valence-electron chi connectivity index (χ3n) is 2.77. The summed E-state index contributed by atoms with van der Waals surface area (Å²) in [6.07, 6.45) is 0.874. The fourth-order valence-corrected chi connectivity index (χ4v) is 3.00. The van der Waals surface area contributed by atoms with Gasteiger partial charge in [-0.15, -0.1) is 11.3 Å². The summed E-state index contributed by atoms with van der Waals surface area (Å²) in [6, 6.07) is 3.89. The number of thiophene rings is 1. The molecule has 0 aliphatic carbocycles. The zero-order valence-electron chi connectivity index (χ0n) is 10.9. The van der Waals surface area contributed by atoms with Crippen molar-refractivity contribution in [2.75, 3.05) is 6.54 Å². The van der Waals surface area contributed by atoms with Crippen LogP contribution in [0.3, 0.4) is 0 Å². The molecule has 0 bridgehead atoms. The van der Waals surface area contributed by atoms with Gasteiger partial charge < -0.3 is 5.32 Å². The van der Waals surface area contributed by atoms with E-state index < -0.39 is 0 Å². The Morgan fingerprint density at radius 2 is 2.26 bits per heavy atom. The maximum absolute atomic E-state index is 11.8. The molecule has 0 radical (unpaired) electrons. The zero-order chi connectivity index (χ0) is 13.8. The van der Waals surface area contributed by atoms with Crippen LogP contribution in [0.15, 0.2) is 21.3 Å². The molecule has 0 aromatic carbocycles. The van der Waals surface area contributed by atoms with Crippen molar-refractivity contribution in [3.05, 3.63) is 38.3 Å². The van der Waals surface area contributed by atoms with E-state index in [1.54, 1.807) is 0 Å². The van der Waals surface area contributed by atoms with Gasteiger partial charge in [-0.05, 0) is 48.3 Å². The summed E-state index contributed by atoms with van der Waals surface area (Å²) >= 11 is 4.87. The largest absolute Gasteiger partial charge is 0.352 e. The number of rotatable bonds is 5. The van der Waals surface area contributed by atoms with E-state index in [9.17, 15) is 4.79 Å². The minimum absolute atomic E-state index is 0.0182. The van der Waals surface area contributed by atoms with E-state index in [1.165, 1.54) is 11.3 Å². The molecule has 0 saturated carbocycles. The normalized spacial score (nSPS) is 10.7. The third-order valence-corrected chi connectivity index (χ3v) is 4.27. The van der Waals surface area contributed by atoms with Crippen molar-refractivity contribution in [2.45, 2.75) is 26.8 Å². The molecule has 102 valence electrons. The van der Waals surface area contributed by atoms with E-state index >= 15 is 0 Å². The molecule has 0 saturated heterocycles. The molecule has 2 aromatic rings. The minimum Gasteiger partial charge on any atom is -0.352 e. The van der Waals surface area contributed by atoms with E-state index in [4.69, 9.17) is 0 Å². The van der Waals surface area contributed by atoms with Crippen LogP contribution in [0.2, 0.25) is 0 Å². The first kappa shape index (κ1) is 14.3. The number of amides is 1. The van der Waals surface area contributed by atoms with E-state index in [-0.39, 0.29) is 5.91 Å². The van der Waals surface area contributed by atoms with Gasteiger partial charge in [-0.3, -0.25) is 9.48 Å². The standard InChI is InChI=1S/C13H16BrN3OS/c1-9-6-10(2)17(16-9)5-3-4-15-13(18)11-7-12(14)19-8-11/h6-8H,3-5H2,1-2H3,(H,15,18). The summed E-state index contributed by atoms with van der Waals surface area (Å²) in [5.74, 6) is -0.0182. The molecule has 0 spiro atoms. The number of nitrogens with zero attached hydrogens (tertiary/aromatic N) is 2. The molecule has 1 amide bonds. The van der Waals surface area contributed by atoms with Crippen molar-refractivity contribution in [1.29, 1.82) is 0 Å². The van der Waals surface area contributed by atoms with Gasteiger partial charge >= 0.3 is 0 Å². The zero-order valence-corrected chi connectivity index (χ0v) is 13.3. The van der Waals surface area contributed by atoms with Gasteiger partial charge in [0.05, 0.1) is 15.0 Å². The third kappa shape index (κ3) is 3.91. The number of halogens is 1. The molecular weight excluding hydrogens is 326 g/mol. The smallest absolute Gasteiger partial charge is 0.252 e. The van der Waals surface area contributed by atoms with Gasteiger partial charge in [0.2, 0.25) is 0 Å². The van der Waals surface area contributed by atoms with Gasteiger partial charge in [-0.1, -0.05) is 0 Å². The number of hydrogen-bond acceptors (Lipinski definition) is 3. The number of aryl methyl sites for hydroxylation is 3. The summed E-state index contributed by atoms with van der Waals surface area (Å²) < 4.78 is 2.95. The van der Waals surface area contributed by atoms with E-state index in [0.29, 0.717) is 12.1 Å². The maximum atomic E-state index is 11.8. The molecule has 0 aliphatic heterocycles. The lowest BCUT2D eigenvalue weighted by molar-refractivity contribution is 0.0953. The summed E-state index contributed by atoms with van der Waals surface area (Å²) in [7, 11) is 0. The Hall–Kier alpha value is -1.14. The minimum atomic E-state index is -0.0182. The van der Waals surface area contributed by atoms with Gasteiger partial charge in [0.25, 0.3) is 5.91 Å². The highest BCUT2D eigenvalue weighted by atomic mass is 79.9. The summed E-state index contributed by atoms with van der Waals surface area (Å²) in [5, 5.41) is 9.15. The Kier molecular flexibility index (Phi) is 4.76. The fourth-order valence-electron chi connectivity index (χ4n) is 1.86. The Balaban J connectivity index is 1.75. The molecule has 2 heterocycles. The highest BCUT2D eigenvalue weighted by Crippen LogP contribution is 2.20. The monoisotopic (exact) mass is 341 g/mol. The molecule has 6 heteroatoms. The van der Waals surface area contributed by atoms with Gasteiger partial charge in [-0.2, -0.15) is 5.10 Å². The number of aromatic nitrogens is 2. The summed E-state index contributed by atoms with van der Waals surface area (Å²) in [5.41, 5.74) is 2.90. The predicted molar refractivity (Wildman–Crippen MR) is 80.7 cm³/mol. The van der Waals surface area contributed by atoms with Crippen LogP contribution in [0.4, 0.5) is 0 Å². The number of hydrogen-bond donors (Lipinski definition) is 1. The molecule has 0 aliphatic rings. The van der Waals surface area contributed by atoms with E-state index in [0.717, 1.165) is 28.1 Å². The van der Waals surface area contributed by atoms with Crippen molar-refractivity contribution < 1.29 is 4.79 Å². The average molecular weight is 342 g/mol. The Bertz CT molecular complexity index is 576. The molecule has 2 aromatic heterocycles. The number of carbonyl (C=O) groups is 1. The first-order chi connectivity index (χ1) is 9.06. The van der Waals surface area contributed by atoms with Crippen LogP contribution in [-0.2, 0) is 6.54 Å². The lowest BCUT2D eigenvalue weighted by Gasteiger charge is -2.05. The van der Waals surface area contributed by atoms with Crippen molar-refractivity contribution in [3.63, 3.8) is 0 Å². The van der Waals surface area contributed by atoms with Gasteiger partial charge in [0.1, 0.15) is 0 Å². The molecular formula is C13H16BrN3OS. The van der Waals surface area contributed by atoms with Crippen LogP contribution in [0.1, 0.15) is 28.2 Å². The Labute approximate surface area is 125 Å². The van der Waals surface area contributed by atoms with Crippen molar-refractivity contribution in [3.8, 4) is 0 Å². The summed E-state index contributed by atoms with van der Waals surface area (Å²) in [4.78, 5) is 11.8. The number of carbonyl (C=O) groups excluding carboxylic acids is 1. The molecule has 0 atom stereocenters. The highest BCUT2D eigenvalue weighted by Gasteiger charge is 2.07. The topological polar surface area (TPSA) is 46.9 Å². The number of nitrogens with one attached hydrogen (secondary N) is 1. The quantitative estimate of drug-likeness (QED) is 0.849. The van der Waals surface area contributed by atoms with E-state index in [1.807, 2.05) is 30.0 Å². The molecule has 0 fully saturated rings. The molecule has 2 rings (SSSR count). The second kappa shape index (κ2) is 6.34. The SMILES string of the molecule is Cc1cc(C)n(CCCNC(=O)c2csc(Br)c2)n1. The first-order valence-electron chi connectivity index (χ1n) is 6.09.